The first-order valence-corrected chi connectivity index (χ1v) is 12.8. The second-order valence-electron chi connectivity index (χ2n) is 11.0. The van der Waals surface area contributed by atoms with Gasteiger partial charge in [-0.2, -0.15) is 0 Å². The van der Waals surface area contributed by atoms with Crippen molar-refractivity contribution in [1.82, 2.24) is 9.55 Å². The Bertz CT molecular complexity index is 1960. The second-order valence-corrected chi connectivity index (χ2v) is 11.0. The van der Waals surface area contributed by atoms with Gasteiger partial charge in [0, 0.05) is 44.0 Å². The zero-order valence-corrected chi connectivity index (χ0v) is 21.3. The monoisotopic (exact) mass is 479 g/mol. The van der Waals surface area contributed by atoms with Gasteiger partial charge in [0.1, 0.15) is 0 Å². The summed E-state index contributed by atoms with van der Waals surface area (Å²) in [5.41, 5.74) is 16.6. The Kier molecular flexibility index (Phi) is 4.56. The van der Waals surface area contributed by atoms with Crippen LogP contribution in [-0.2, 0) is 5.41 Å². The lowest BCUT2D eigenvalue weighted by molar-refractivity contribution is 0.590. The number of rotatable bonds is 2. The molecule has 3 N–H and O–H groups in total. The van der Waals surface area contributed by atoms with Crippen LogP contribution in [0.25, 0.3) is 60.4 Å². The summed E-state index contributed by atoms with van der Waals surface area (Å²) >= 11 is 0. The van der Waals surface area contributed by atoms with Crippen LogP contribution in [0.1, 0.15) is 26.3 Å². The number of hydrogen-bond acceptors (Lipinski definition) is 1. The number of nitrogen functional groups attached to an aromatic ring is 1. The van der Waals surface area contributed by atoms with Gasteiger partial charge in [0.15, 0.2) is 0 Å². The highest BCUT2D eigenvalue weighted by atomic mass is 15.0. The van der Waals surface area contributed by atoms with Crippen LogP contribution in [0.4, 0.5) is 5.69 Å². The molecule has 0 saturated carbocycles. The predicted molar refractivity (Wildman–Crippen MR) is 159 cm³/mol. The predicted octanol–water partition coefficient (Wildman–Crippen LogP) is 8.96. The number of nitrogens with one attached hydrogen (secondary N) is 1. The van der Waals surface area contributed by atoms with E-state index in [4.69, 9.17) is 5.73 Å². The molecule has 0 unspecified atom stereocenters. The number of aromatic amines is 1. The molecule has 2 aromatic heterocycles. The molecular weight excluding hydrogens is 450 g/mol. The average Bonchev–Trinajstić information content (AvgIpc) is 3.43. The van der Waals surface area contributed by atoms with Gasteiger partial charge in [-0.3, -0.25) is 0 Å². The first-order chi connectivity index (χ1) is 17.9. The molecule has 7 rings (SSSR count). The third kappa shape index (κ3) is 3.35. The van der Waals surface area contributed by atoms with Crippen molar-refractivity contribution in [1.29, 1.82) is 0 Å². The molecule has 0 spiro atoms. The Labute approximate surface area is 216 Å². The standard InChI is InChI=1S/C34H29N3/c1-34(2,3)22-14-12-21(13-15-22)27-19-24(20-29-25-8-4-6-10-30(25)36-33(27)29)37-31-11-7-5-9-26(31)28-18-23(35)16-17-32(28)37/h4-20,36H,35H2,1-3H3. The molecule has 2 heterocycles. The van der Waals surface area contributed by atoms with Crippen molar-refractivity contribution in [2.24, 2.45) is 0 Å². The Morgan fingerprint density at radius 2 is 1.35 bits per heavy atom. The molecule has 3 nitrogen and oxygen atoms in total. The van der Waals surface area contributed by atoms with Crippen LogP contribution in [0, 0.1) is 0 Å². The Hall–Kier alpha value is -4.50. The topological polar surface area (TPSA) is 46.7 Å². The van der Waals surface area contributed by atoms with Gasteiger partial charge in [-0.05, 0) is 59.0 Å². The van der Waals surface area contributed by atoms with Crippen LogP contribution in [-0.4, -0.2) is 9.55 Å². The van der Waals surface area contributed by atoms with Gasteiger partial charge in [0.2, 0.25) is 0 Å². The van der Waals surface area contributed by atoms with Crippen LogP contribution in [0.15, 0.2) is 103 Å². The zero-order chi connectivity index (χ0) is 25.3. The van der Waals surface area contributed by atoms with Crippen LogP contribution in [0.2, 0.25) is 0 Å². The molecule has 0 aliphatic carbocycles. The van der Waals surface area contributed by atoms with Crippen molar-refractivity contribution in [2.45, 2.75) is 26.2 Å². The van der Waals surface area contributed by atoms with E-state index in [0.717, 1.165) is 22.4 Å². The van der Waals surface area contributed by atoms with Gasteiger partial charge in [-0.1, -0.05) is 81.4 Å². The molecule has 0 atom stereocenters. The lowest BCUT2D eigenvalue weighted by atomic mass is 9.86. The van der Waals surface area contributed by atoms with Crippen molar-refractivity contribution >= 4 is 49.3 Å². The highest BCUT2D eigenvalue weighted by molar-refractivity contribution is 6.14. The van der Waals surface area contributed by atoms with Crippen LogP contribution in [0.3, 0.4) is 0 Å². The normalized spacial score (nSPS) is 12.3. The number of fused-ring (bicyclic) bond motifs is 6. The lowest BCUT2D eigenvalue weighted by Crippen LogP contribution is -2.10. The number of aromatic nitrogens is 2. The minimum atomic E-state index is 0.113. The van der Waals surface area contributed by atoms with Crippen LogP contribution >= 0.6 is 0 Å². The number of nitrogens with two attached hydrogens (primary N) is 1. The third-order valence-electron chi connectivity index (χ3n) is 7.62. The average molecular weight is 480 g/mol. The largest absolute Gasteiger partial charge is 0.399 e. The maximum atomic E-state index is 6.21. The fraction of sp³-hybridized carbons (Fsp3) is 0.118. The quantitative estimate of drug-likeness (QED) is 0.239. The van der Waals surface area contributed by atoms with E-state index < -0.39 is 0 Å². The van der Waals surface area contributed by atoms with Gasteiger partial charge in [0.25, 0.3) is 0 Å². The third-order valence-corrected chi connectivity index (χ3v) is 7.62. The summed E-state index contributed by atoms with van der Waals surface area (Å²) in [7, 11) is 0. The summed E-state index contributed by atoms with van der Waals surface area (Å²) < 4.78 is 2.37. The molecule has 37 heavy (non-hydrogen) atoms. The molecule has 3 heteroatoms. The fourth-order valence-electron chi connectivity index (χ4n) is 5.71. The fourth-order valence-corrected chi connectivity index (χ4v) is 5.71. The molecule has 7 aromatic rings. The van der Waals surface area contributed by atoms with E-state index in [-0.39, 0.29) is 5.41 Å². The molecule has 0 amide bonds. The number of para-hydroxylation sites is 2. The smallest absolute Gasteiger partial charge is 0.0546 e. The molecule has 0 saturated heterocycles. The Morgan fingerprint density at radius 3 is 2.14 bits per heavy atom. The summed E-state index contributed by atoms with van der Waals surface area (Å²) in [6.07, 6.45) is 0. The molecule has 0 fully saturated rings. The molecule has 0 radical (unpaired) electrons. The van der Waals surface area contributed by atoms with Crippen molar-refractivity contribution in [3.05, 3.63) is 109 Å². The number of hydrogen-bond donors (Lipinski definition) is 2. The number of benzene rings is 5. The van der Waals surface area contributed by atoms with Crippen molar-refractivity contribution in [3.8, 4) is 16.8 Å². The van der Waals surface area contributed by atoms with E-state index in [1.54, 1.807) is 0 Å². The summed E-state index contributed by atoms with van der Waals surface area (Å²) in [5, 5.41) is 4.84. The second kappa shape index (κ2) is 7.75. The lowest BCUT2D eigenvalue weighted by Gasteiger charge is -2.19. The highest BCUT2D eigenvalue weighted by Crippen LogP contribution is 2.39. The first-order valence-electron chi connectivity index (χ1n) is 12.8. The molecule has 180 valence electrons. The van der Waals surface area contributed by atoms with Crippen molar-refractivity contribution < 1.29 is 0 Å². The van der Waals surface area contributed by atoms with E-state index in [1.807, 2.05) is 6.07 Å². The maximum Gasteiger partial charge on any atom is 0.0546 e. The first kappa shape index (κ1) is 21.8. The SMILES string of the molecule is CC(C)(C)c1ccc(-c2cc(-n3c4ccccc4c4cc(N)ccc43)cc3c2[nH]c2ccccc23)cc1. The molecule has 0 aliphatic rings. The van der Waals surface area contributed by atoms with E-state index in [2.05, 4.69) is 127 Å². The number of nitrogens with zero attached hydrogens (tertiary/aromatic N) is 1. The van der Waals surface area contributed by atoms with E-state index >= 15 is 0 Å². The zero-order valence-electron chi connectivity index (χ0n) is 21.3. The van der Waals surface area contributed by atoms with Gasteiger partial charge in [0.05, 0.1) is 16.6 Å². The van der Waals surface area contributed by atoms with E-state index in [0.29, 0.717) is 0 Å². The molecule has 0 bridgehead atoms. The van der Waals surface area contributed by atoms with Gasteiger partial charge >= 0.3 is 0 Å². The van der Waals surface area contributed by atoms with Crippen LogP contribution in [0.5, 0.6) is 0 Å². The van der Waals surface area contributed by atoms with Crippen molar-refractivity contribution in [3.63, 3.8) is 0 Å². The summed E-state index contributed by atoms with van der Waals surface area (Å²) in [4.78, 5) is 3.72. The van der Waals surface area contributed by atoms with E-state index in [9.17, 15) is 0 Å². The summed E-state index contributed by atoms with van der Waals surface area (Å²) in [6.45, 7) is 6.77. The van der Waals surface area contributed by atoms with Crippen LogP contribution < -0.4 is 5.73 Å². The molecule has 5 aromatic carbocycles. The number of anilines is 1. The summed E-state index contributed by atoms with van der Waals surface area (Å²) in [6, 6.07) is 37.1. The Balaban J connectivity index is 1.58. The number of H-pyrrole nitrogens is 1. The maximum absolute atomic E-state index is 6.21. The minimum Gasteiger partial charge on any atom is -0.399 e. The van der Waals surface area contributed by atoms with E-state index in [1.165, 1.54) is 49.3 Å². The van der Waals surface area contributed by atoms with Gasteiger partial charge in [-0.15, -0.1) is 0 Å². The highest BCUT2D eigenvalue weighted by Gasteiger charge is 2.18. The molecular formula is C34H29N3. The van der Waals surface area contributed by atoms with Crippen molar-refractivity contribution in [2.75, 3.05) is 5.73 Å². The Morgan fingerprint density at radius 1 is 0.649 bits per heavy atom. The molecule has 0 aliphatic heterocycles. The van der Waals surface area contributed by atoms with Gasteiger partial charge in [-0.25, -0.2) is 0 Å². The summed E-state index contributed by atoms with van der Waals surface area (Å²) in [5.74, 6) is 0. The van der Waals surface area contributed by atoms with Gasteiger partial charge < -0.3 is 15.3 Å². The minimum absolute atomic E-state index is 0.113.